The predicted octanol–water partition coefficient (Wildman–Crippen LogP) is -0.0309. The van der Waals surface area contributed by atoms with Crippen LogP contribution in [0.2, 0.25) is 0 Å². The number of aliphatic hydroxyl groups excluding tert-OH is 1. The average molecular weight is 240 g/mol. The Balaban J connectivity index is 3.15. The van der Waals surface area contributed by atoms with Crippen LogP contribution >= 0.6 is 0 Å². The highest BCUT2D eigenvalue weighted by Crippen LogP contribution is 2.24. The highest BCUT2D eigenvalue weighted by Gasteiger charge is 2.24. The van der Waals surface area contributed by atoms with E-state index in [0.29, 0.717) is 24.4 Å². The van der Waals surface area contributed by atoms with Crippen LogP contribution in [0.1, 0.15) is 20.3 Å². The topological polar surface area (TPSA) is 72.8 Å². The molecule has 5 nitrogen and oxygen atoms in total. The van der Waals surface area contributed by atoms with E-state index in [0.717, 1.165) is 12.0 Å². The Kier molecular flexibility index (Phi) is 4.72. The number of amides is 1. The van der Waals surface area contributed by atoms with E-state index in [-0.39, 0.29) is 5.91 Å². The summed E-state index contributed by atoms with van der Waals surface area (Å²) in [6.45, 7) is 5.20. The first-order valence-corrected chi connectivity index (χ1v) is 5.81. The van der Waals surface area contributed by atoms with Crippen LogP contribution in [0.4, 0.5) is 0 Å². The predicted molar refractivity (Wildman–Crippen MR) is 64.9 cm³/mol. The van der Waals surface area contributed by atoms with E-state index in [1.54, 1.807) is 13.1 Å². The summed E-state index contributed by atoms with van der Waals surface area (Å²) < 4.78 is 0. The Morgan fingerprint density at radius 2 is 2.18 bits per heavy atom. The molecule has 0 atom stereocenters. The largest absolute Gasteiger partial charge is 0.364 e. The van der Waals surface area contributed by atoms with Crippen molar-refractivity contribution in [1.82, 2.24) is 10.2 Å². The summed E-state index contributed by atoms with van der Waals surface area (Å²) in [6, 6.07) is 0. The lowest BCUT2D eigenvalue weighted by Gasteiger charge is -2.31. The Hall–Kier alpha value is -1.33. The summed E-state index contributed by atoms with van der Waals surface area (Å²) >= 11 is 0. The third-order valence-electron chi connectivity index (χ3n) is 2.97. The van der Waals surface area contributed by atoms with Gasteiger partial charge in [-0.2, -0.15) is 0 Å². The molecule has 0 aromatic rings. The fourth-order valence-electron chi connectivity index (χ4n) is 1.94. The molecule has 1 aliphatic heterocycles. The number of hydrogen-bond donors (Lipinski definition) is 3. The number of likely N-dealkylation sites (N-methyl/N-ethyl adjacent to an activating group) is 2. The number of carbonyl (C=O) groups is 1. The van der Waals surface area contributed by atoms with E-state index < -0.39 is 6.29 Å². The summed E-state index contributed by atoms with van der Waals surface area (Å²) in [7, 11) is 1.56. The molecule has 0 unspecified atom stereocenters. The van der Waals surface area contributed by atoms with Crippen molar-refractivity contribution < 1.29 is 15.0 Å². The first-order valence-electron chi connectivity index (χ1n) is 5.81. The van der Waals surface area contributed by atoms with Crippen LogP contribution in [0, 0.1) is 0 Å². The summed E-state index contributed by atoms with van der Waals surface area (Å²) in [5.74, 6) is -0.208. The zero-order chi connectivity index (χ0) is 13.0. The number of rotatable bonds is 4. The highest BCUT2D eigenvalue weighted by molar-refractivity contribution is 5.93. The Bertz CT molecular complexity index is 359. The molecule has 1 rings (SSSR count). The first kappa shape index (κ1) is 13.7. The van der Waals surface area contributed by atoms with Crippen LogP contribution in [-0.2, 0) is 4.79 Å². The van der Waals surface area contributed by atoms with Gasteiger partial charge < -0.3 is 20.4 Å². The van der Waals surface area contributed by atoms with Crippen LogP contribution in [0.5, 0.6) is 0 Å². The minimum absolute atomic E-state index is 0.208. The average Bonchev–Trinajstić information content (AvgIpc) is 2.35. The quantitative estimate of drug-likeness (QED) is 0.603. The zero-order valence-corrected chi connectivity index (χ0v) is 10.5. The van der Waals surface area contributed by atoms with Gasteiger partial charge in [-0.15, -0.1) is 0 Å². The van der Waals surface area contributed by atoms with Crippen molar-refractivity contribution in [2.45, 2.75) is 26.6 Å². The van der Waals surface area contributed by atoms with Crippen LogP contribution in [0.15, 0.2) is 22.9 Å². The molecule has 0 radical (unpaired) electrons. The van der Waals surface area contributed by atoms with Crippen LogP contribution in [-0.4, -0.2) is 47.4 Å². The summed E-state index contributed by atoms with van der Waals surface area (Å²) in [5.41, 5.74) is 1.88. The molecule has 5 heteroatoms. The van der Waals surface area contributed by atoms with Crippen molar-refractivity contribution in [2.75, 3.05) is 20.1 Å². The molecule has 0 bridgehead atoms. The molecule has 0 fully saturated rings. The van der Waals surface area contributed by atoms with E-state index in [9.17, 15) is 15.0 Å². The zero-order valence-electron chi connectivity index (χ0n) is 10.5. The number of nitrogens with one attached hydrogen (secondary N) is 1. The third kappa shape index (κ3) is 2.87. The van der Waals surface area contributed by atoms with Gasteiger partial charge in [0.2, 0.25) is 0 Å². The van der Waals surface area contributed by atoms with Gasteiger partial charge in [0.25, 0.3) is 5.91 Å². The van der Waals surface area contributed by atoms with Crippen molar-refractivity contribution >= 4 is 5.91 Å². The maximum absolute atomic E-state index is 11.7. The van der Waals surface area contributed by atoms with Gasteiger partial charge in [-0.25, -0.2) is 0 Å². The molecule has 1 heterocycles. The van der Waals surface area contributed by atoms with Crippen molar-refractivity contribution in [3.05, 3.63) is 22.9 Å². The number of nitrogens with zero attached hydrogens (tertiary/aromatic N) is 1. The van der Waals surface area contributed by atoms with E-state index in [1.165, 1.54) is 0 Å². The second-order valence-corrected chi connectivity index (χ2v) is 3.91. The normalized spacial score (nSPS) is 16.4. The monoisotopic (exact) mass is 240 g/mol. The van der Waals surface area contributed by atoms with Gasteiger partial charge in [0.05, 0.1) is 0 Å². The van der Waals surface area contributed by atoms with Gasteiger partial charge in [-0.1, -0.05) is 6.92 Å². The number of carbonyl (C=O) groups excluding carboxylic acids is 1. The molecule has 0 aromatic heterocycles. The molecule has 17 heavy (non-hydrogen) atoms. The lowest BCUT2D eigenvalue weighted by molar-refractivity contribution is -0.118. The maximum atomic E-state index is 11.7. The smallest absolute Gasteiger partial charge is 0.267 e. The van der Waals surface area contributed by atoms with Crippen LogP contribution in [0.25, 0.3) is 0 Å². The van der Waals surface area contributed by atoms with Gasteiger partial charge in [0.1, 0.15) is 5.70 Å². The van der Waals surface area contributed by atoms with Crippen LogP contribution in [0.3, 0.4) is 0 Å². The minimum Gasteiger partial charge on any atom is -0.364 e. The van der Waals surface area contributed by atoms with Crippen molar-refractivity contribution in [3.8, 4) is 0 Å². The standard InChI is InChI=1S/C12H20N2O3/c1-4-8-7-14(5-2)10(11(15)13-3)6-9(8)12(16)17/h6,12,16-17H,4-5,7H2,1-3H3,(H,13,15). The van der Waals surface area contributed by atoms with E-state index in [4.69, 9.17) is 0 Å². The fourth-order valence-corrected chi connectivity index (χ4v) is 1.94. The lowest BCUT2D eigenvalue weighted by Crippen LogP contribution is -2.37. The van der Waals surface area contributed by atoms with Gasteiger partial charge in [-0.05, 0) is 25.0 Å². The fraction of sp³-hybridized carbons (Fsp3) is 0.583. The summed E-state index contributed by atoms with van der Waals surface area (Å²) in [4.78, 5) is 13.6. The number of aliphatic hydroxyl groups is 2. The second kappa shape index (κ2) is 5.84. The third-order valence-corrected chi connectivity index (χ3v) is 2.97. The molecule has 96 valence electrons. The van der Waals surface area contributed by atoms with Crippen molar-refractivity contribution in [1.29, 1.82) is 0 Å². The van der Waals surface area contributed by atoms with Gasteiger partial charge in [0.15, 0.2) is 6.29 Å². The first-order chi connectivity index (χ1) is 8.04. The molecule has 0 saturated heterocycles. The van der Waals surface area contributed by atoms with Gasteiger partial charge in [0, 0.05) is 25.7 Å². The molecule has 0 aliphatic carbocycles. The van der Waals surface area contributed by atoms with Gasteiger partial charge >= 0.3 is 0 Å². The molecule has 1 aliphatic rings. The number of hydrogen-bond acceptors (Lipinski definition) is 4. The Morgan fingerprint density at radius 1 is 1.53 bits per heavy atom. The minimum atomic E-state index is -1.52. The van der Waals surface area contributed by atoms with Crippen molar-refractivity contribution in [3.63, 3.8) is 0 Å². The SMILES string of the molecule is CCC1=C(C(O)O)C=C(C(=O)NC)N(CC)C1. The molecule has 0 spiro atoms. The van der Waals surface area contributed by atoms with Gasteiger partial charge in [-0.3, -0.25) is 4.79 Å². The lowest BCUT2D eigenvalue weighted by atomic mass is 9.99. The van der Waals surface area contributed by atoms with E-state index in [2.05, 4.69) is 5.32 Å². The second-order valence-electron chi connectivity index (χ2n) is 3.91. The maximum Gasteiger partial charge on any atom is 0.267 e. The van der Waals surface area contributed by atoms with Crippen molar-refractivity contribution in [2.24, 2.45) is 0 Å². The van der Waals surface area contributed by atoms with E-state index in [1.807, 2.05) is 18.7 Å². The molecule has 1 amide bonds. The van der Waals surface area contributed by atoms with E-state index >= 15 is 0 Å². The van der Waals surface area contributed by atoms with Crippen LogP contribution < -0.4 is 5.32 Å². The summed E-state index contributed by atoms with van der Waals surface area (Å²) in [5, 5.41) is 21.2. The Labute approximate surface area is 101 Å². The molecular formula is C12H20N2O3. The molecule has 0 aromatic carbocycles. The summed E-state index contributed by atoms with van der Waals surface area (Å²) in [6.07, 6.45) is 0.777. The molecule has 0 saturated carbocycles. The molecule has 3 N–H and O–H groups in total. The molecular weight excluding hydrogens is 220 g/mol. The highest BCUT2D eigenvalue weighted by atomic mass is 16.5. The Morgan fingerprint density at radius 3 is 2.59 bits per heavy atom.